The van der Waals surface area contributed by atoms with Crippen molar-refractivity contribution in [2.24, 2.45) is 23.7 Å². The average Bonchev–Trinajstić information content (AvgIpc) is 2.75. The fourth-order valence-electron chi connectivity index (χ4n) is 4.26. The zero-order valence-electron chi connectivity index (χ0n) is 20.3. The first-order valence-electron chi connectivity index (χ1n) is 12.8. The van der Waals surface area contributed by atoms with Crippen molar-refractivity contribution in [2.75, 3.05) is 13.2 Å². The molecule has 4 heteroatoms. The molecule has 0 heterocycles. The van der Waals surface area contributed by atoms with Crippen LogP contribution >= 0.6 is 0 Å². The van der Waals surface area contributed by atoms with Gasteiger partial charge in [-0.05, 0) is 50.4 Å². The van der Waals surface area contributed by atoms with E-state index in [2.05, 4.69) is 27.7 Å². The van der Waals surface area contributed by atoms with E-state index in [0.717, 1.165) is 57.3 Å². The largest absolute Gasteiger partial charge is 0.465 e. The minimum absolute atomic E-state index is 0.0342. The lowest BCUT2D eigenvalue weighted by Gasteiger charge is -2.26. The molecule has 1 unspecified atom stereocenters. The second-order valence-corrected chi connectivity index (χ2v) is 9.71. The van der Waals surface area contributed by atoms with Crippen molar-refractivity contribution in [1.82, 2.24) is 0 Å². The lowest BCUT2D eigenvalue weighted by Crippen LogP contribution is -2.29. The molecule has 1 aliphatic rings. The fourth-order valence-corrected chi connectivity index (χ4v) is 4.26. The van der Waals surface area contributed by atoms with Crippen LogP contribution in [0.5, 0.6) is 0 Å². The Hall–Kier alpha value is -1.06. The summed E-state index contributed by atoms with van der Waals surface area (Å²) in [5.74, 6) is 1.08. The smallest absolute Gasteiger partial charge is 0.308 e. The van der Waals surface area contributed by atoms with Crippen LogP contribution < -0.4 is 0 Å². The first kappa shape index (κ1) is 27.0. The number of carbonyl (C=O) groups is 2. The minimum Gasteiger partial charge on any atom is -0.465 e. The zero-order valence-corrected chi connectivity index (χ0v) is 20.3. The Kier molecular flexibility index (Phi) is 14.9. The van der Waals surface area contributed by atoms with Crippen molar-refractivity contribution < 1.29 is 19.1 Å². The molecule has 0 spiro atoms. The van der Waals surface area contributed by atoms with Gasteiger partial charge in [0.05, 0.1) is 25.0 Å². The van der Waals surface area contributed by atoms with Gasteiger partial charge in [-0.1, -0.05) is 79.1 Å². The van der Waals surface area contributed by atoms with Crippen molar-refractivity contribution in [3.63, 3.8) is 0 Å². The molecule has 1 saturated carbocycles. The van der Waals surface area contributed by atoms with E-state index in [-0.39, 0.29) is 23.8 Å². The average molecular weight is 425 g/mol. The van der Waals surface area contributed by atoms with E-state index >= 15 is 0 Å². The first-order chi connectivity index (χ1) is 14.5. The highest BCUT2D eigenvalue weighted by Gasteiger charge is 2.31. The van der Waals surface area contributed by atoms with Gasteiger partial charge in [-0.2, -0.15) is 0 Å². The number of unbranched alkanes of at least 4 members (excludes halogenated alkanes) is 5. The Morgan fingerprint density at radius 3 is 1.90 bits per heavy atom. The van der Waals surface area contributed by atoms with Crippen molar-refractivity contribution >= 4 is 11.9 Å². The van der Waals surface area contributed by atoms with Crippen LogP contribution in [0.1, 0.15) is 118 Å². The third-order valence-electron chi connectivity index (χ3n) is 6.57. The topological polar surface area (TPSA) is 52.6 Å². The Balaban J connectivity index is 2.12. The molecule has 1 aliphatic carbocycles. The summed E-state index contributed by atoms with van der Waals surface area (Å²) < 4.78 is 11.1. The molecule has 0 aromatic rings. The summed E-state index contributed by atoms with van der Waals surface area (Å²) in [5, 5.41) is 0. The molecule has 0 N–H and O–H groups in total. The molecule has 1 atom stereocenters. The maximum Gasteiger partial charge on any atom is 0.308 e. The number of hydrogen-bond acceptors (Lipinski definition) is 4. The lowest BCUT2D eigenvalue weighted by molar-refractivity contribution is -0.156. The molecule has 30 heavy (non-hydrogen) atoms. The van der Waals surface area contributed by atoms with Crippen LogP contribution in [0.3, 0.4) is 0 Å². The minimum atomic E-state index is -0.0627. The fraction of sp³-hybridized carbons (Fsp3) is 0.923. The lowest BCUT2D eigenvalue weighted by atomic mass is 9.82. The van der Waals surface area contributed by atoms with Gasteiger partial charge >= 0.3 is 11.9 Å². The van der Waals surface area contributed by atoms with Crippen molar-refractivity contribution in [2.45, 2.75) is 118 Å². The number of hydrogen-bond donors (Lipinski definition) is 0. The van der Waals surface area contributed by atoms with Crippen LogP contribution in [-0.4, -0.2) is 25.2 Å². The first-order valence-corrected chi connectivity index (χ1v) is 12.8. The summed E-state index contributed by atoms with van der Waals surface area (Å²) in [6.45, 7) is 9.99. The van der Waals surface area contributed by atoms with Crippen molar-refractivity contribution in [3.05, 3.63) is 0 Å². The van der Waals surface area contributed by atoms with Crippen LogP contribution in [0, 0.1) is 23.7 Å². The summed E-state index contributed by atoms with van der Waals surface area (Å²) in [7, 11) is 0. The van der Waals surface area contributed by atoms with E-state index in [1.54, 1.807) is 0 Å². The van der Waals surface area contributed by atoms with E-state index in [4.69, 9.17) is 9.47 Å². The molecule has 0 aliphatic heterocycles. The van der Waals surface area contributed by atoms with Gasteiger partial charge in [-0.25, -0.2) is 0 Å². The second-order valence-electron chi connectivity index (χ2n) is 9.71. The van der Waals surface area contributed by atoms with Gasteiger partial charge < -0.3 is 9.47 Å². The van der Waals surface area contributed by atoms with Gasteiger partial charge in [0, 0.05) is 0 Å². The highest BCUT2D eigenvalue weighted by atomic mass is 16.5. The molecule has 0 saturated heterocycles. The number of ether oxygens (including phenoxy) is 2. The summed E-state index contributed by atoms with van der Waals surface area (Å²) in [4.78, 5) is 24.7. The van der Waals surface area contributed by atoms with Crippen LogP contribution in [-0.2, 0) is 19.1 Å². The van der Waals surface area contributed by atoms with Crippen molar-refractivity contribution in [1.29, 1.82) is 0 Å². The third-order valence-corrected chi connectivity index (χ3v) is 6.57. The summed E-state index contributed by atoms with van der Waals surface area (Å²) >= 11 is 0. The zero-order chi connectivity index (χ0) is 22.2. The van der Waals surface area contributed by atoms with Gasteiger partial charge in [0.2, 0.25) is 0 Å². The summed E-state index contributed by atoms with van der Waals surface area (Å²) in [6, 6.07) is 0. The molecule has 0 amide bonds. The van der Waals surface area contributed by atoms with Crippen LogP contribution in [0.15, 0.2) is 0 Å². The molecular formula is C26H48O4. The predicted octanol–water partition coefficient (Wildman–Crippen LogP) is 7.09. The monoisotopic (exact) mass is 424 g/mol. The molecule has 0 bridgehead atoms. The predicted molar refractivity (Wildman–Crippen MR) is 123 cm³/mol. The standard InChI is InChI=1S/C26H48O4/c1-5-7-14-22(6-2)20-30-26(28)24-17-15-23(16-18-24)25(27)29-19-12-10-8-9-11-13-21(3)4/h21-24H,5-20H2,1-4H3. The highest BCUT2D eigenvalue weighted by Crippen LogP contribution is 2.31. The van der Waals surface area contributed by atoms with E-state index < -0.39 is 0 Å². The molecule has 0 aromatic heterocycles. The van der Waals surface area contributed by atoms with Gasteiger partial charge in [-0.15, -0.1) is 0 Å². The molecule has 0 aromatic carbocycles. The van der Waals surface area contributed by atoms with Crippen LogP contribution in [0.2, 0.25) is 0 Å². The summed E-state index contributed by atoms with van der Waals surface area (Å²) in [5.41, 5.74) is 0. The highest BCUT2D eigenvalue weighted by molar-refractivity contribution is 5.75. The normalized spacial score (nSPS) is 20.2. The molecule has 4 nitrogen and oxygen atoms in total. The Morgan fingerprint density at radius 1 is 0.767 bits per heavy atom. The van der Waals surface area contributed by atoms with Gasteiger partial charge in [0.15, 0.2) is 0 Å². The maximum atomic E-state index is 12.4. The number of rotatable bonds is 16. The molecule has 0 radical (unpaired) electrons. The van der Waals surface area contributed by atoms with Gasteiger partial charge in [-0.3, -0.25) is 9.59 Å². The second kappa shape index (κ2) is 16.6. The Bertz CT molecular complexity index is 452. The molecule has 1 rings (SSSR count). The molecular weight excluding hydrogens is 376 g/mol. The Morgan fingerprint density at radius 2 is 1.33 bits per heavy atom. The summed E-state index contributed by atoms with van der Waals surface area (Å²) in [6.07, 6.45) is 14.8. The van der Waals surface area contributed by atoms with Crippen molar-refractivity contribution in [3.8, 4) is 0 Å². The van der Waals surface area contributed by atoms with Gasteiger partial charge in [0.25, 0.3) is 0 Å². The van der Waals surface area contributed by atoms with E-state index in [1.807, 2.05) is 0 Å². The van der Waals surface area contributed by atoms with Gasteiger partial charge in [0.1, 0.15) is 0 Å². The van der Waals surface area contributed by atoms with Crippen LogP contribution in [0.25, 0.3) is 0 Å². The SMILES string of the molecule is CCCCC(CC)COC(=O)C1CCC(C(=O)OCCCCCCCC(C)C)CC1. The van der Waals surface area contributed by atoms with E-state index in [0.29, 0.717) is 19.1 Å². The Labute approximate surface area is 185 Å². The number of esters is 2. The molecule has 1 fully saturated rings. The third kappa shape index (κ3) is 12.0. The van der Waals surface area contributed by atoms with E-state index in [1.165, 1.54) is 38.5 Å². The number of carbonyl (C=O) groups excluding carboxylic acids is 2. The quantitative estimate of drug-likeness (QED) is 0.196. The molecule has 176 valence electrons. The van der Waals surface area contributed by atoms with Crippen LogP contribution in [0.4, 0.5) is 0 Å². The maximum absolute atomic E-state index is 12.4. The van der Waals surface area contributed by atoms with E-state index in [9.17, 15) is 9.59 Å².